The van der Waals surface area contributed by atoms with Crippen molar-refractivity contribution in [3.05, 3.63) is 34.6 Å². The first-order chi connectivity index (χ1) is 15.2. The van der Waals surface area contributed by atoms with Crippen molar-refractivity contribution in [1.82, 2.24) is 24.5 Å². The first-order valence-corrected chi connectivity index (χ1v) is 12.4. The molecule has 0 spiro atoms. The zero-order valence-electron chi connectivity index (χ0n) is 17.9. The molecule has 2 aliphatic rings. The van der Waals surface area contributed by atoms with Crippen molar-refractivity contribution in [2.75, 3.05) is 5.75 Å². The number of nitrogens with one attached hydrogen (secondary N) is 1. The summed E-state index contributed by atoms with van der Waals surface area (Å²) in [6.45, 7) is 2.77. The van der Waals surface area contributed by atoms with Gasteiger partial charge in [-0.05, 0) is 56.1 Å². The maximum Gasteiger partial charge on any atom is 0.262 e. The van der Waals surface area contributed by atoms with E-state index in [2.05, 4.69) is 22.4 Å². The molecule has 8 heteroatoms. The summed E-state index contributed by atoms with van der Waals surface area (Å²) in [5, 5.41) is 13.3. The number of hydrogen-bond donors (Lipinski definition) is 1. The molecule has 5 rings (SSSR count). The van der Waals surface area contributed by atoms with E-state index < -0.39 is 0 Å². The predicted octanol–water partition coefficient (Wildman–Crippen LogP) is 3.63. The van der Waals surface area contributed by atoms with Gasteiger partial charge < -0.3 is 5.32 Å². The lowest BCUT2D eigenvalue weighted by Crippen LogP contribution is -2.39. The van der Waals surface area contributed by atoms with E-state index in [9.17, 15) is 9.59 Å². The van der Waals surface area contributed by atoms with Crippen LogP contribution in [0.3, 0.4) is 0 Å². The van der Waals surface area contributed by atoms with Gasteiger partial charge in [-0.1, -0.05) is 43.7 Å². The number of benzene rings is 1. The molecule has 0 saturated heterocycles. The molecule has 2 aliphatic carbocycles. The number of rotatable bonds is 10. The molecule has 1 aromatic carbocycles. The molecule has 7 nitrogen and oxygen atoms in total. The van der Waals surface area contributed by atoms with E-state index in [-0.39, 0.29) is 11.5 Å². The molecule has 0 aliphatic heterocycles. The number of thioether (sulfide) groups is 1. The fraction of sp³-hybridized carbons (Fsp3) is 0.565. The highest BCUT2D eigenvalue weighted by molar-refractivity contribution is 7.99. The summed E-state index contributed by atoms with van der Waals surface area (Å²) in [5.41, 5.74) is 0.758. The molecule has 0 unspecified atom stereocenters. The first kappa shape index (κ1) is 20.5. The molecule has 164 valence electrons. The molecule has 1 N–H and O–H groups in total. The van der Waals surface area contributed by atoms with Crippen molar-refractivity contribution < 1.29 is 4.79 Å². The Labute approximate surface area is 185 Å². The normalized spacial score (nSPS) is 16.5. The summed E-state index contributed by atoms with van der Waals surface area (Å²) in [5.74, 6) is 2.27. The standard InChI is InChI=1S/C23H29N5O2S/c1-2-3-6-13-27-21(30)17-7-4-5-8-18(17)28-22(27)25-26-23(28)31-14-19(29)24-20(15-9-10-15)16-11-12-16/h4-5,7-8,15-16,20H,2-3,6,9-14H2,1H3,(H,24,29). The third kappa shape index (κ3) is 4.22. The van der Waals surface area contributed by atoms with Gasteiger partial charge in [0.2, 0.25) is 11.7 Å². The van der Waals surface area contributed by atoms with E-state index >= 15 is 0 Å². The molecule has 1 amide bonds. The Morgan fingerprint density at radius 2 is 1.90 bits per heavy atom. The highest BCUT2D eigenvalue weighted by Gasteiger charge is 2.42. The van der Waals surface area contributed by atoms with E-state index in [1.165, 1.54) is 37.4 Å². The van der Waals surface area contributed by atoms with Crippen molar-refractivity contribution in [2.45, 2.75) is 69.6 Å². The van der Waals surface area contributed by atoms with Crippen LogP contribution in [0.15, 0.2) is 34.2 Å². The van der Waals surface area contributed by atoms with Crippen LogP contribution in [0.25, 0.3) is 16.7 Å². The third-order valence-electron chi connectivity index (χ3n) is 6.38. The van der Waals surface area contributed by atoms with Crippen LogP contribution in [0.2, 0.25) is 0 Å². The van der Waals surface area contributed by atoms with Gasteiger partial charge in [-0.3, -0.25) is 18.6 Å². The van der Waals surface area contributed by atoms with Gasteiger partial charge >= 0.3 is 0 Å². The van der Waals surface area contributed by atoms with E-state index in [4.69, 9.17) is 0 Å². The highest BCUT2D eigenvalue weighted by atomic mass is 32.2. The van der Waals surface area contributed by atoms with Gasteiger partial charge in [0.1, 0.15) is 0 Å². The first-order valence-electron chi connectivity index (χ1n) is 11.5. The van der Waals surface area contributed by atoms with Gasteiger partial charge in [0.15, 0.2) is 5.16 Å². The molecule has 2 heterocycles. The molecule has 2 saturated carbocycles. The van der Waals surface area contributed by atoms with Gasteiger partial charge in [-0.25, -0.2) is 0 Å². The van der Waals surface area contributed by atoms with Crippen LogP contribution in [0, 0.1) is 11.8 Å². The Hall–Kier alpha value is -2.35. The maximum absolute atomic E-state index is 13.1. The fourth-order valence-corrected chi connectivity index (χ4v) is 5.19. The second-order valence-electron chi connectivity index (χ2n) is 8.86. The SMILES string of the molecule is CCCCCn1c(=O)c2ccccc2n2c(SCC(=O)NC(C3CC3)C3CC3)nnc12. The van der Waals surface area contributed by atoms with Gasteiger partial charge in [0.05, 0.1) is 16.7 Å². The van der Waals surface area contributed by atoms with Crippen LogP contribution in [0.5, 0.6) is 0 Å². The predicted molar refractivity (Wildman–Crippen MR) is 122 cm³/mol. The average molecular weight is 440 g/mol. The largest absolute Gasteiger partial charge is 0.352 e. The van der Waals surface area contributed by atoms with Gasteiger partial charge in [-0.15, -0.1) is 10.2 Å². The molecule has 2 aromatic heterocycles. The Morgan fingerprint density at radius 3 is 2.61 bits per heavy atom. The summed E-state index contributed by atoms with van der Waals surface area (Å²) >= 11 is 1.39. The van der Waals surface area contributed by atoms with E-state index in [0.29, 0.717) is 46.5 Å². The minimum Gasteiger partial charge on any atom is -0.352 e. The average Bonchev–Trinajstić information content (AvgIpc) is 3.71. The van der Waals surface area contributed by atoms with Crippen LogP contribution in [-0.2, 0) is 11.3 Å². The number of carbonyl (C=O) groups excluding carboxylic acids is 1. The summed E-state index contributed by atoms with van der Waals surface area (Å²) in [6.07, 6.45) is 8.03. The second-order valence-corrected chi connectivity index (χ2v) is 9.80. The lowest BCUT2D eigenvalue weighted by atomic mass is 10.1. The third-order valence-corrected chi connectivity index (χ3v) is 7.31. The molecular formula is C23H29N5O2S. The van der Waals surface area contributed by atoms with Crippen molar-refractivity contribution in [3.8, 4) is 0 Å². The van der Waals surface area contributed by atoms with Crippen LogP contribution < -0.4 is 10.9 Å². The minimum absolute atomic E-state index is 0.0300. The van der Waals surface area contributed by atoms with Crippen molar-refractivity contribution >= 4 is 34.3 Å². The Kier molecular flexibility index (Phi) is 5.73. The molecule has 0 bridgehead atoms. The van der Waals surface area contributed by atoms with Crippen molar-refractivity contribution in [2.24, 2.45) is 11.8 Å². The number of amides is 1. The Balaban J connectivity index is 1.41. The summed E-state index contributed by atoms with van der Waals surface area (Å²) < 4.78 is 3.66. The second kappa shape index (κ2) is 8.65. The molecule has 0 radical (unpaired) electrons. The topological polar surface area (TPSA) is 81.3 Å². The summed E-state index contributed by atoms with van der Waals surface area (Å²) in [4.78, 5) is 25.7. The number of para-hydroxylation sites is 1. The van der Waals surface area contributed by atoms with Crippen LogP contribution in [0.1, 0.15) is 51.9 Å². The van der Waals surface area contributed by atoms with Crippen LogP contribution in [-0.4, -0.2) is 36.9 Å². The monoisotopic (exact) mass is 439 g/mol. The number of aryl methyl sites for hydroxylation is 1. The Morgan fingerprint density at radius 1 is 1.16 bits per heavy atom. The highest BCUT2D eigenvalue weighted by Crippen LogP contribution is 2.44. The molecule has 0 atom stereocenters. The summed E-state index contributed by atoms with van der Waals surface area (Å²) in [6, 6.07) is 7.92. The number of aromatic nitrogens is 4. The Bertz CT molecular complexity index is 1150. The zero-order valence-corrected chi connectivity index (χ0v) is 18.7. The van der Waals surface area contributed by atoms with E-state index in [1.54, 1.807) is 4.57 Å². The molecule has 3 aromatic rings. The van der Waals surface area contributed by atoms with Crippen LogP contribution in [0.4, 0.5) is 0 Å². The van der Waals surface area contributed by atoms with Crippen molar-refractivity contribution in [1.29, 1.82) is 0 Å². The number of carbonyl (C=O) groups is 1. The van der Waals surface area contributed by atoms with Gasteiger partial charge in [0, 0.05) is 12.6 Å². The number of fused-ring (bicyclic) bond motifs is 3. The van der Waals surface area contributed by atoms with Gasteiger partial charge in [0.25, 0.3) is 5.56 Å². The maximum atomic E-state index is 13.1. The zero-order chi connectivity index (χ0) is 21.4. The smallest absolute Gasteiger partial charge is 0.262 e. The number of unbranched alkanes of at least 4 members (excludes halogenated alkanes) is 2. The van der Waals surface area contributed by atoms with E-state index in [1.807, 2.05) is 28.7 Å². The molecular weight excluding hydrogens is 410 g/mol. The van der Waals surface area contributed by atoms with Crippen LogP contribution >= 0.6 is 11.8 Å². The quantitative estimate of drug-likeness (QED) is 0.385. The molecule has 2 fully saturated rings. The lowest BCUT2D eigenvalue weighted by molar-refractivity contribution is -0.119. The lowest BCUT2D eigenvalue weighted by Gasteiger charge is -2.17. The minimum atomic E-state index is -0.0300. The number of hydrogen-bond acceptors (Lipinski definition) is 5. The van der Waals surface area contributed by atoms with E-state index in [0.717, 1.165) is 24.8 Å². The summed E-state index contributed by atoms with van der Waals surface area (Å²) in [7, 11) is 0. The fourth-order valence-electron chi connectivity index (χ4n) is 4.44. The van der Waals surface area contributed by atoms with Gasteiger partial charge in [-0.2, -0.15) is 0 Å². The van der Waals surface area contributed by atoms with Crippen molar-refractivity contribution in [3.63, 3.8) is 0 Å². The molecule has 31 heavy (non-hydrogen) atoms. The number of nitrogens with zero attached hydrogens (tertiary/aromatic N) is 4.